The fraction of sp³-hybridized carbons (Fsp3) is 0.375. The number of aromatic carboxylic acids is 1. The van der Waals surface area contributed by atoms with E-state index in [2.05, 4.69) is 26.3 Å². The van der Waals surface area contributed by atoms with Gasteiger partial charge in [0.1, 0.15) is 12.6 Å². The minimum absolute atomic E-state index is 0.171. The summed E-state index contributed by atoms with van der Waals surface area (Å²) in [7, 11) is 1.93. The van der Waals surface area contributed by atoms with Crippen molar-refractivity contribution in [3.63, 3.8) is 0 Å². The number of ether oxygens (including phenoxy) is 1. The molecule has 1 aromatic carbocycles. The highest BCUT2D eigenvalue weighted by atomic mass is 79.9. The fourth-order valence-corrected chi connectivity index (χ4v) is 2.97. The van der Waals surface area contributed by atoms with Crippen LogP contribution in [-0.2, 0) is 11.8 Å². The van der Waals surface area contributed by atoms with Gasteiger partial charge in [-0.15, -0.1) is 0 Å². The van der Waals surface area contributed by atoms with Gasteiger partial charge in [0.25, 0.3) is 5.69 Å². The lowest BCUT2D eigenvalue weighted by molar-refractivity contribution is -0.678. The zero-order chi connectivity index (χ0) is 19.3. The zero-order valence-corrected chi connectivity index (χ0v) is 15.9. The number of nitro benzene ring substituents is 1. The van der Waals surface area contributed by atoms with E-state index in [4.69, 9.17) is 4.74 Å². The summed E-state index contributed by atoms with van der Waals surface area (Å²) in [6, 6.07) is 2.63. The Morgan fingerprint density at radius 3 is 2.73 bits per heavy atom. The molecule has 0 aliphatic carbocycles. The van der Waals surface area contributed by atoms with Crippen LogP contribution in [0.5, 0.6) is 0 Å². The molecule has 10 heteroatoms. The van der Waals surface area contributed by atoms with Crippen molar-refractivity contribution in [1.29, 1.82) is 0 Å². The van der Waals surface area contributed by atoms with Gasteiger partial charge in [-0.1, -0.05) is 6.07 Å². The highest BCUT2D eigenvalue weighted by Crippen LogP contribution is 2.31. The average Bonchev–Trinajstić information content (AvgIpc) is 3.04. The molecule has 26 heavy (non-hydrogen) atoms. The summed E-state index contributed by atoms with van der Waals surface area (Å²) in [6.45, 7) is 4.58. The van der Waals surface area contributed by atoms with E-state index in [1.54, 1.807) is 6.92 Å². The molecule has 1 saturated heterocycles. The third kappa shape index (κ3) is 4.87. The minimum Gasteiger partial charge on any atom is -0.545 e. The van der Waals surface area contributed by atoms with Gasteiger partial charge in [-0.25, -0.2) is 0 Å². The number of quaternary nitrogens is 1. The van der Waals surface area contributed by atoms with Gasteiger partial charge in [0, 0.05) is 18.8 Å². The average molecular weight is 427 g/mol. The van der Waals surface area contributed by atoms with Gasteiger partial charge in [0.15, 0.2) is 0 Å². The highest BCUT2D eigenvalue weighted by molar-refractivity contribution is 9.10. The highest BCUT2D eigenvalue weighted by Gasteiger charge is 2.20. The molecule has 2 N–H and O–H groups in total. The van der Waals surface area contributed by atoms with E-state index in [0.29, 0.717) is 5.56 Å². The van der Waals surface area contributed by atoms with Crippen molar-refractivity contribution in [2.24, 2.45) is 7.05 Å². The number of aromatic nitrogens is 2. The number of nitrogens with zero attached hydrogens (tertiary/aromatic N) is 3. The molecule has 1 fully saturated rings. The van der Waals surface area contributed by atoms with Crippen LogP contribution in [-0.4, -0.2) is 40.4 Å². The van der Waals surface area contributed by atoms with Crippen LogP contribution in [0.25, 0.3) is 0 Å². The number of nitrogens with two attached hydrogens (primary N) is 1. The predicted molar refractivity (Wildman–Crippen MR) is 93.4 cm³/mol. The summed E-state index contributed by atoms with van der Waals surface area (Å²) in [5.41, 5.74) is 0.896. The summed E-state index contributed by atoms with van der Waals surface area (Å²) in [5, 5.41) is 27.5. The van der Waals surface area contributed by atoms with E-state index in [9.17, 15) is 20.0 Å². The fourth-order valence-electron chi connectivity index (χ4n) is 2.48. The molecule has 2 heterocycles. The third-order valence-electron chi connectivity index (χ3n) is 3.83. The summed E-state index contributed by atoms with van der Waals surface area (Å²) in [6.07, 6.45) is 4.14. The van der Waals surface area contributed by atoms with Crippen molar-refractivity contribution >= 4 is 27.6 Å². The molecule has 0 spiro atoms. The van der Waals surface area contributed by atoms with Crippen LogP contribution < -0.4 is 10.4 Å². The number of morpholine rings is 1. The lowest BCUT2D eigenvalue weighted by Crippen LogP contribution is -2.88. The molecule has 1 atom stereocenters. The zero-order valence-electron chi connectivity index (χ0n) is 14.3. The summed E-state index contributed by atoms with van der Waals surface area (Å²) in [5.74, 6) is -1.56. The standard InChI is InChI=1S/C8H6BrNO4.C8H13N3O/c1-4-2-3-5(8(11)12)7(6(4)9)10(13)14;1-11-6-7(4-10-11)8-5-9-2-3-12-8/h2-3H,1H3,(H,11,12);4,6,8-9H,2-3,5H2,1H3. The Morgan fingerprint density at radius 1 is 1.50 bits per heavy atom. The van der Waals surface area contributed by atoms with Crippen LogP contribution in [0.3, 0.4) is 0 Å². The Kier molecular flexibility index (Phi) is 6.83. The van der Waals surface area contributed by atoms with Crippen molar-refractivity contribution in [3.05, 3.63) is 55.8 Å². The molecule has 1 aliphatic heterocycles. The van der Waals surface area contributed by atoms with Gasteiger partial charge < -0.3 is 20.0 Å². The smallest absolute Gasteiger partial charge is 0.292 e. The molecular weight excluding hydrogens is 408 g/mol. The third-order valence-corrected chi connectivity index (χ3v) is 4.83. The molecule has 0 bridgehead atoms. The number of hydrogen-bond donors (Lipinski definition) is 1. The molecule has 0 amide bonds. The number of carboxylic acid groups (broad SMARTS) is 1. The molecule has 1 aromatic heterocycles. The molecule has 1 unspecified atom stereocenters. The van der Waals surface area contributed by atoms with Crippen LogP contribution in [0.2, 0.25) is 0 Å². The molecule has 0 saturated carbocycles. The molecule has 1 aliphatic rings. The van der Waals surface area contributed by atoms with Gasteiger partial charge in [-0.05, 0) is 34.5 Å². The lowest BCUT2D eigenvalue weighted by atomic mass is 10.1. The Bertz CT molecular complexity index is 802. The summed E-state index contributed by atoms with van der Waals surface area (Å²) < 4.78 is 7.58. The molecular formula is C16H19BrN4O5. The van der Waals surface area contributed by atoms with Crippen molar-refractivity contribution in [1.82, 2.24) is 9.78 Å². The van der Waals surface area contributed by atoms with Crippen molar-refractivity contribution in [2.75, 3.05) is 19.7 Å². The normalized spacial score (nSPS) is 16.5. The molecule has 9 nitrogen and oxygen atoms in total. The van der Waals surface area contributed by atoms with E-state index in [1.165, 1.54) is 11.6 Å². The first-order valence-corrected chi connectivity index (χ1v) is 8.67. The number of benzene rings is 1. The number of aryl methyl sites for hydroxylation is 2. The molecule has 0 radical (unpaired) electrons. The van der Waals surface area contributed by atoms with Crippen molar-refractivity contribution in [3.8, 4) is 0 Å². The second-order valence-corrected chi connectivity index (χ2v) is 6.55. The van der Waals surface area contributed by atoms with Crippen LogP contribution in [0, 0.1) is 17.0 Å². The number of hydrogen-bond acceptors (Lipinski definition) is 6. The van der Waals surface area contributed by atoms with Gasteiger partial charge in [-0.2, -0.15) is 5.10 Å². The Balaban J connectivity index is 0.000000189. The maximum absolute atomic E-state index is 10.6. The second-order valence-electron chi connectivity index (χ2n) is 5.76. The first-order chi connectivity index (χ1) is 12.3. The summed E-state index contributed by atoms with van der Waals surface area (Å²) >= 11 is 2.97. The van der Waals surface area contributed by atoms with E-state index >= 15 is 0 Å². The van der Waals surface area contributed by atoms with Crippen LogP contribution in [0.4, 0.5) is 5.69 Å². The second kappa shape index (κ2) is 8.88. The summed E-state index contributed by atoms with van der Waals surface area (Å²) in [4.78, 5) is 20.4. The maximum atomic E-state index is 10.6. The first kappa shape index (κ1) is 20.0. The van der Waals surface area contributed by atoms with E-state index in [0.717, 1.165) is 25.8 Å². The van der Waals surface area contributed by atoms with E-state index in [-0.39, 0.29) is 10.6 Å². The van der Waals surface area contributed by atoms with E-state index < -0.39 is 22.1 Å². The van der Waals surface area contributed by atoms with Crippen molar-refractivity contribution in [2.45, 2.75) is 13.0 Å². The number of rotatable bonds is 3. The number of carbonyl (C=O) groups excluding carboxylic acids is 1. The molecule has 2 aromatic rings. The van der Waals surface area contributed by atoms with Crippen molar-refractivity contribution < 1.29 is 24.9 Å². The topological polar surface area (TPSA) is 127 Å². The Labute approximate surface area is 158 Å². The number of halogens is 1. The van der Waals surface area contributed by atoms with Crippen LogP contribution in [0.15, 0.2) is 29.0 Å². The molecule has 140 valence electrons. The number of carboxylic acids is 1. The monoisotopic (exact) mass is 426 g/mol. The van der Waals surface area contributed by atoms with Gasteiger partial charge in [-0.3, -0.25) is 14.8 Å². The largest absolute Gasteiger partial charge is 0.545 e. The minimum atomic E-state index is -1.56. The Morgan fingerprint density at radius 2 is 2.23 bits per heavy atom. The quantitative estimate of drug-likeness (QED) is 0.546. The Hall–Kier alpha value is -2.30. The maximum Gasteiger partial charge on any atom is 0.292 e. The van der Waals surface area contributed by atoms with Crippen LogP contribution in [0.1, 0.15) is 27.6 Å². The first-order valence-electron chi connectivity index (χ1n) is 7.88. The predicted octanol–water partition coefficient (Wildman–Crippen LogP) is 0.0840. The van der Waals surface area contributed by atoms with Crippen LogP contribution >= 0.6 is 15.9 Å². The number of carbonyl (C=O) groups is 1. The SMILES string of the molecule is Cc1ccc(C(=O)[O-])c([N+](=O)[O-])c1Br.Cn1cc(C2C[NH2+]CCO2)cn1. The van der Waals surface area contributed by atoms with Gasteiger partial charge in [0.05, 0.1) is 40.3 Å². The number of nitro groups is 1. The van der Waals surface area contributed by atoms with Gasteiger partial charge in [0.2, 0.25) is 0 Å². The molecule has 3 rings (SSSR count). The lowest BCUT2D eigenvalue weighted by Gasteiger charge is -2.19. The van der Waals surface area contributed by atoms with E-state index in [1.807, 2.05) is 24.1 Å². The van der Waals surface area contributed by atoms with Gasteiger partial charge >= 0.3 is 0 Å².